The minimum Gasteiger partial charge on any atom is -0.380 e. The lowest BCUT2D eigenvalue weighted by Gasteiger charge is -2.32. The molecule has 4 atom stereocenters. The van der Waals surface area contributed by atoms with Crippen LogP contribution in [0.5, 0.6) is 0 Å². The van der Waals surface area contributed by atoms with Crippen molar-refractivity contribution < 1.29 is 18.9 Å². The first kappa shape index (κ1) is 31.9. The summed E-state index contributed by atoms with van der Waals surface area (Å²) < 4.78 is 22.7. The normalized spacial score (nSPS) is 16.4. The van der Waals surface area contributed by atoms with Gasteiger partial charge in [-0.3, -0.25) is 0 Å². The maximum Gasteiger partial charge on any atom is 0.125 e. The first-order chi connectivity index (χ1) is 14.2. The van der Waals surface area contributed by atoms with Crippen LogP contribution in [0.25, 0.3) is 0 Å². The van der Waals surface area contributed by atoms with Gasteiger partial charge in [0.1, 0.15) is 3.41 Å². The molecule has 0 bridgehead atoms. The predicted octanol–water partition coefficient (Wildman–Crippen LogP) is 5.23. The molecule has 0 aromatic rings. The summed E-state index contributed by atoms with van der Waals surface area (Å²) in [5.41, 5.74) is 0. The summed E-state index contributed by atoms with van der Waals surface area (Å²) in [5, 5.41) is 0.854. The molecule has 30 heavy (non-hydrogen) atoms. The van der Waals surface area contributed by atoms with Crippen LogP contribution in [0.3, 0.4) is 0 Å². The van der Waals surface area contributed by atoms with E-state index in [2.05, 4.69) is 39.1 Å². The highest BCUT2D eigenvalue weighted by Gasteiger charge is 2.32. The van der Waals surface area contributed by atoms with Gasteiger partial charge in [-0.15, -0.1) is 37.0 Å². The Morgan fingerprint density at radius 3 is 1.77 bits per heavy atom. The molecule has 182 valence electrons. The second-order valence-electron chi connectivity index (χ2n) is 7.25. The van der Waals surface area contributed by atoms with Crippen molar-refractivity contribution in [1.82, 2.24) is 0 Å². The molecule has 0 spiro atoms. The average Bonchev–Trinajstić information content (AvgIpc) is 2.65. The average molecular weight is 539 g/mol. The van der Waals surface area contributed by atoms with E-state index in [1.807, 2.05) is 25.6 Å². The molecule has 0 amide bonds. The van der Waals surface area contributed by atoms with E-state index < -0.39 is 3.41 Å². The fourth-order valence-electron chi connectivity index (χ4n) is 2.32. The van der Waals surface area contributed by atoms with E-state index >= 15 is 0 Å². The van der Waals surface area contributed by atoms with Gasteiger partial charge in [0.25, 0.3) is 0 Å². The summed E-state index contributed by atoms with van der Waals surface area (Å²) in [6.07, 6.45) is 2.00. The third kappa shape index (κ3) is 19.4. The van der Waals surface area contributed by atoms with Crippen molar-refractivity contribution >= 4 is 74.0 Å². The Hall–Kier alpha value is 1.94. The summed E-state index contributed by atoms with van der Waals surface area (Å²) in [5.74, 6) is 0.894. The SMILES string of the molecule is CCCOCC(SCCOCC(C)S)C(COCCC)SC(S)(S)COCC(C)S. The predicted molar refractivity (Wildman–Crippen MR) is 149 cm³/mol. The molecule has 0 aliphatic rings. The van der Waals surface area contributed by atoms with Crippen LogP contribution in [-0.4, -0.2) is 83.0 Å². The van der Waals surface area contributed by atoms with Gasteiger partial charge in [0.15, 0.2) is 0 Å². The molecule has 10 heteroatoms. The van der Waals surface area contributed by atoms with E-state index in [-0.39, 0.29) is 21.0 Å². The van der Waals surface area contributed by atoms with Crippen molar-refractivity contribution in [3.05, 3.63) is 0 Å². The Morgan fingerprint density at radius 1 is 0.733 bits per heavy atom. The van der Waals surface area contributed by atoms with Gasteiger partial charge >= 0.3 is 0 Å². The molecule has 0 aromatic heterocycles. The summed E-state index contributed by atoms with van der Waals surface area (Å²) in [7, 11) is 0. The van der Waals surface area contributed by atoms with Gasteiger partial charge < -0.3 is 18.9 Å². The fourth-order valence-corrected chi connectivity index (χ4v) is 5.96. The van der Waals surface area contributed by atoms with Gasteiger partial charge in [0.05, 0.1) is 39.6 Å². The number of ether oxygens (including phenoxy) is 4. The second-order valence-corrected chi connectivity index (χ2v) is 14.4. The van der Waals surface area contributed by atoms with Gasteiger partial charge in [0, 0.05) is 40.0 Å². The van der Waals surface area contributed by atoms with Crippen LogP contribution in [0.4, 0.5) is 0 Å². The Morgan fingerprint density at radius 2 is 1.23 bits per heavy atom. The Kier molecular flexibility index (Phi) is 21.6. The molecule has 4 unspecified atom stereocenters. The molecular formula is C20H42O4S6. The van der Waals surface area contributed by atoms with E-state index in [1.54, 1.807) is 11.8 Å². The third-order valence-electron chi connectivity index (χ3n) is 3.58. The zero-order valence-corrected chi connectivity index (χ0v) is 24.0. The summed E-state index contributed by atoms with van der Waals surface area (Å²) in [6, 6.07) is 0. The summed E-state index contributed by atoms with van der Waals surface area (Å²) in [6.45, 7) is 13.4. The molecule has 0 heterocycles. The molecule has 0 saturated carbocycles. The van der Waals surface area contributed by atoms with E-state index in [0.717, 1.165) is 31.8 Å². The number of hydrogen-bond donors (Lipinski definition) is 4. The number of rotatable bonds is 21. The van der Waals surface area contributed by atoms with E-state index in [1.165, 1.54) is 0 Å². The zero-order chi connectivity index (χ0) is 22.8. The smallest absolute Gasteiger partial charge is 0.125 e. The minimum absolute atomic E-state index is 0.175. The quantitative estimate of drug-likeness (QED) is 0.0911. The summed E-state index contributed by atoms with van der Waals surface area (Å²) >= 11 is 21.8. The maximum atomic E-state index is 5.93. The molecule has 0 aromatic carbocycles. The molecule has 0 aliphatic carbocycles. The van der Waals surface area contributed by atoms with Crippen LogP contribution < -0.4 is 0 Å². The molecule has 0 N–H and O–H groups in total. The monoisotopic (exact) mass is 538 g/mol. The van der Waals surface area contributed by atoms with Gasteiger partial charge in [-0.2, -0.15) is 37.0 Å². The third-order valence-corrected chi connectivity index (χ3v) is 7.50. The first-order valence-electron chi connectivity index (χ1n) is 10.6. The van der Waals surface area contributed by atoms with Crippen molar-refractivity contribution in [3.63, 3.8) is 0 Å². The number of thioether (sulfide) groups is 2. The lowest BCUT2D eigenvalue weighted by molar-refractivity contribution is 0.109. The highest BCUT2D eigenvalue weighted by molar-refractivity contribution is 8.24. The van der Waals surface area contributed by atoms with Gasteiger partial charge in [0.2, 0.25) is 0 Å². The first-order valence-corrected chi connectivity index (χ1v) is 14.5. The molecular weight excluding hydrogens is 497 g/mol. The van der Waals surface area contributed by atoms with Gasteiger partial charge in [-0.05, 0) is 12.8 Å². The lowest BCUT2D eigenvalue weighted by atomic mass is 10.3. The van der Waals surface area contributed by atoms with Crippen molar-refractivity contribution in [3.8, 4) is 0 Å². The Balaban J connectivity index is 4.93. The van der Waals surface area contributed by atoms with E-state index in [4.69, 9.17) is 44.2 Å². The van der Waals surface area contributed by atoms with Crippen LogP contribution >= 0.6 is 74.0 Å². The highest BCUT2D eigenvalue weighted by Crippen LogP contribution is 2.41. The fraction of sp³-hybridized carbons (Fsp3) is 1.00. The van der Waals surface area contributed by atoms with Crippen molar-refractivity contribution in [2.24, 2.45) is 0 Å². The zero-order valence-electron chi connectivity index (χ0n) is 18.8. The van der Waals surface area contributed by atoms with Crippen LogP contribution in [0, 0.1) is 0 Å². The van der Waals surface area contributed by atoms with Crippen LogP contribution in [0.2, 0.25) is 0 Å². The number of hydrogen-bond acceptors (Lipinski definition) is 10. The van der Waals surface area contributed by atoms with Crippen LogP contribution in [0.1, 0.15) is 40.5 Å². The molecule has 0 rings (SSSR count). The summed E-state index contributed by atoms with van der Waals surface area (Å²) in [4.78, 5) is 0. The number of thiol groups is 4. The van der Waals surface area contributed by atoms with E-state index in [9.17, 15) is 0 Å². The Bertz CT molecular complexity index is 388. The molecule has 0 fully saturated rings. The molecule has 0 aliphatic heterocycles. The molecule has 0 radical (unpaired) electrons. The standard InChI is InChI=1S/C20H42O4S6/c1-5-7-21-13-18(29-10-9-23-11-16(3)25)19(14-22-8-6-2)30-20(27,28)15-24-12-17(4)26/h16-19,25-28H,5-15H2,1-4H3. The maximum absolute atomic E-state index is 5.93. The van der Waals surface area contributed by atoms with Crippen LogP contribution in [0.15, 0.2) is 0 Å². The minimum atomic E-state index is -0.621. The van der Waals surface area contributed by atoms with Crippen molar-refractivity contribution in [1.29, 1.82) is 0 Å². The highest BCUT2D eigenvalue weighted by atomic mass is 32.2. The van der Waals surface area contributed by atoms with E-state index in [0.29, 0.717) is 39.6 Å². The van der Waals surface area contributed by atoms with Crippen molar-refractivity contribution in [2.75, 3.05) is 58.6 Å². The van der Waals surface area contributed by atoms with Crippen LogP contribution in [-0.2, 0) is 18.9 Å². The molecule has 4 nitrogen and oxygen atoms in total. The Labute approximate surface area is 215 Å². The topological polar surface area (TPSA) is 36.9 Å². The van der Waals surface area contributed by atoms with Gasteiger partial charge in [-0.1, -0.05) is 27.7 Å². The largest absolute Gasteiger partial charge is 0.380 e. The molecule has 0 saturated heterocycles. The lowest BCUT2D eigenvalue weighted by Crippen LogP contribution is -2.35. The second kappa shape index (κ2) is 20.3. The van der Waals surface area contributed by atoms with Gasteiger partial charge in [-0.25, -0.2) is 0 Å². The van der Waals surface area contributed by atoms with Crippen molar-refractivity contribution in [2.45, 2.75) is 64.9 Å².